The molecule has 0 amide bonds. The Morgan fingerprint density at radius 1 is 1.26 bits per heavy atom. The molecule has 110 valence electrons. The van der Waals surface area contributed by atoms with Gasteiger partial charge >= 0.3 is 0 Å². The summed E-state index contributed by atoms with van der Waals surface area (Å²) in [5, 5.41) is 10.2. The van der Waals surface area contributed by atoms with Crippen molar-refractivity contribution in [2.45, 2.75) is 71.9 Å². The van der Waals surface area contributed by atoms with Crippen LogP contribution in [0.1, 0.15) is 60.3 Å². The minimum atomic E-state index is -0.583. The molecule has 1 rings (SSSR count). The van der Waals surface area contributed by atoms with Crippen LogP contribution in [0.3, 0.4) is 0 Å². The number of nitrogens with zero attached hydrogens (tertiary/aromatic N) is 1. The zero-order valence-corrected chi connectivity index (χ0v) is 13.4. The van der Waals surface area contributed by atoms with Crippen LogP contribution < -0.4 is 0 Å². The van der Waals surface area contributed by atoms with Gasteiger partial charge in [0.2, 0.25) is 0 Å². The van der Waals surface area contributed by atoms with Crippen molar-refractivity contribution in [3.05, 3.63) is 23.3 Å². The molecule has 2 heteroatoms. The van der Waals surface area contributed by atoms with Crippen molar-refractivity contribution in [2.24, 2.45) is 0 Å². The fourth-order valence-corrected chi connectivity index (χ4v) is 2.81. The molecule has 0 aliphatic carbocycles. The first kappa shape index (κ1) is 16.5. The van der Waals surface area contributed by atoms with Gasteiger partial charge in [0.1, 0.15) is 0 Å². The summed E-state index contributed by atoms with van der Waals surface area (Å²) >= 11 is 0. The van der Waals surface area contributed by atoms with Gasteiger partial charge < -0.3 is 5.11 Å². The van der Waals surface area contributed by atoms with Crippen LogP contribution in [0.2, 0.25) is 0 Å². The van der Waals surface area contributed by atoms with E-state index < -0.39 is 5.60 Å². The minimum Gasteiger partial charge on any atom is -0.389 e. The highest BCUT2D eigenvalue weighted by molar-refractivity contribution is 5.04. The van der Waals surface area contributed by atoms with Crippen LogP contribution in [0.5, 0.6) is 0 Å². The van der Waals surface area contributed by atoms with Crippen molar-refractivity contribution >= 4 is 0 Å². The highest BCUT2D eigenvalue weighted by atomic mass is 16.3. The third-order valence-corrected chi connectivity index (χ3v) is 3.94. The fourth-order valence-electron chi connectivity index (χ4n) is 2.81. The van der Waals surface area contributed by atoms with E-state index >= 15 is 0 Å². The molecule has 1 N–H and O–H groups in total. The Labute approximate surface area is 119 Å². The average molecular weight is 265 g/mol. The highest BCUT2D eigenvalue weighted by Gasteiger charge is 2.34. The zero-order valence-electron chi connectivity index (χ0n) is 13.4. The molecule has 0 saturated carbocycles. The second-order valence-corrected chi connectivity index (χ2v) is 6.68. The van der Waals surface area contributed by atoms with Crippen molar-refractivity contribution in [3.8, 4) is 0 Å². The molecule has 2 nitrogen and oxygen atoms in total. The second kappa shape index (κ2) is 7.25. The number of aliphatic hydroxyl groups is 1. The standard InChI is InChI=1S/C17H31NO/c1-14(2)8-6-9-15(3)11-13-18-12-7-10-16(18)17(4,5)19/h8,11,16,19H,6-7,9-10,12-13H2,1-5H3/b15-11+/t16-/m0/s1. The van der Waals surface area contributed by atoms with Crippen LogP contribution >= 0.6 is 0 Å². The average Bonchev–Trinajstić information content (AvgIpc) is 2.73. The number of hydrogen-bond donors (Lipinski definition) is 1. The molecule has 1 aliphatic heterocycles. The van der Waals surface area contributed by atoms with Gasteiger partial charge in [-0.05, 0) is 66.8 Å². The van der Waals surface area contributed by atoms with Crippen molar-refractivity contribution in [2.75, 3.05) is 13.1 Å². The molecule has 0 aromatic rings. The Balaban J connectivity index is 2.44. The quantitative estimate of drug-likeness (QED) is 0.736. The maximum atomic E-state index is 10.2. The molecule has 0 aromatic carbocycles. The Morgan fingerprint density at radius 2 is 1.95 bits per heavy atom. The fraction of sp³-hybridized carbons (Fsp3) is 0.765. The number of allylic oxidation sites excluding steroid dienone is 3. The lowest BCUT2D eigenvalue weighted by Gasteiger charge is -2.33. The topological polar surface area (TPSA) is 23.5 Å². The monoisotopic (exact) mass is 265 g/mol. The van der Waals surface area contributed by atoms with Gasteiger partial charge in [-0.25, -0.2) is 0 Å². The first-order chi connectivity index (χ1) is 8.80. The third kappa shape index (κ3) is 5.92. The molecule has 0 aromatic heterocycles. The lowest BCUT2D eigenvalue weighted by atomic mass is 9.96. The first-order valence-electron chi connectivity index (χ1n) is 7.56. The molecule has 1 aliphatic rings. The summed E-state index contributed by atoms with van der Waals surface area (Å²) in [6.07, 6.45) is 9.25. The van der Waals surface area contributed by atoms with E-state index in [2.05, 4.69) is 37.8 Å². The van der Waals surface area contributed by atoms with Gasteiger partial charge in [-0.2, -0.15) is 0 Å². The molecule has 0 unspecified atom stereocenters. The number of hydrogen-bond acceptors (Lipinski definition) is 2. The zero-order chi connectivity index (χ0) is 14.5. The minimum absolute atomic E-state index is 0.314. The summed E-state index contributed by atoms with van der Waals surface area (Å²) in [7, 11) is 0. The Hall–Kier alpha value is -0.600. The van der Waals surface area contributed by atoms with Gasteiger partial charge in [-0.1, -0.05) is 23.3 Å². The molecule has 0 radical (unpaired) electrons. The predicted octanol–water partition coefficient (Wildman–Crippen LogP) is 3.91. The van der Waals surface area contributed by atoms with Gasteiger partial charge in [0.25, 0.3) is 0 Å². The summed E-state index contributed by atoms with van der Waals surface area (Å²) < 4.78 is 0. The smallest absolute Gasteiger partial charge is 0.0746 e. The van der Waals surface area contributed by atoms with E-state index in [1.165, 1.54) is 17.6 Å². The molecule has 1 saturated heterocycles. The molecule has 0 bridgehead atoms. The molecule has 1 heterocycles. The summed E-state index contributed by atoms with van der Waals surface area (Å²) in [6.45, 7) is 12.5. The van der Waals surface area contributed by atoms with Gasteiger partial charge in [-0.15, -0.1) is 0 Å². The Morgan fingerprint density at radius 3 is 2.53 bits per heavy atom. The van der Waals surface area contributed by atoms with Crippen molar-refractivity contribution < 1.29 is 5.11 Å². The van der Waals surface area contributed by atoms with E-state index in [1.807, 2.05) is 13.8 Å². The normalized spacial score (nSPS) is 21.8. The maximum Gasteiger partial charge on any atom is 0.0746 e. The van der Waals surface area contributed by atoms with E-state index in [4.69, 9.17) is 0 Å². The summed E-state index contributed by atoms with van der Waals surface area (Å²) in [6, 6.07) is 0.314. The molecular formula is C17H31NO. The summed E-state index contributed by atoms with van der Waals surface area (Å²) in [5.41, 5.74) is 2.27. The van der Waals surface area contributed by atoms with Gasteiger partial charge in [-0.3, -0.25) is 4.90 Å². The summed E-state index contributed by atoms with van der Waals surface area (Å²) in [4.78, 5) is 2.42. The summed E-state index contributed by atoms with van der Waals surface area (Å²) in [5.74, 6) is 0. The number of rotatable bonds is 6. The second-order valence-electron chi connectivity index (χ2n) is 6.68. The first-order valence-corrected chi connectivity index (χ1v) is 7.56. The lowest BCUT2D eigenvalue weighted by molar-refractivity contribution is 0.00132. The van der Waals surface area contributed by atoms with Crippen LogP contribution in [-0.2, 0) is 0 Å². The van der Waals surface area contributed by atoms with E-state index in [-0.39, 0.29) is 0 Å². The van der Waals surface area contributed by atoms with Crippen molar-refractivity contribution in [3.63, 3.8) is 0 Å². The SMILES string of the molecule is CC(C)=CCC/C(C)=C/CN1CCC[C@H]1C(C)(C)O. The van der Waals surface area contributed by atoms with Gasteiger partial charge in [0, 0.05) is 12.6 Å². The van der Waals surface area contributed by atoms with E-state index in [0.29, 0.717) is 6.04 Å². The molecule has 0 spiro atoms. The van der Waals surface area contributed by atoms with E-state index in [0.717, 1.165) is 32.4 Å². The van der Waals surface area contributed by atoms with Crippen LogP contribution in [-0.4, -0.2) is 34.7 Å². The molecular weight excluding hydrogens is 234 g/mol. The largest absolute Gasteiger partial charge is 0.389 e. The molecule has 19 heavy (non-hydrogen) atoms. The van der Waals surface area contributed by atoms with Crippen LogP contribution in [0, 0.1) is 0 Å². The molecule has 1 atom stereocenters. The molecule has 1 fully saturated rings. The van der Waals surface area contributed by atoms with Crippen LogP contribution in [0.25, 0.3) is 0 Å². The third-order valence-electron chi connectivity index (χ3n) is 3.94. The highest BCUT2D eigenvalue weighted by Crippen LogP contribution is 2.26. The van der Waals surface area contributed by atoms with Crippen LogP contribution in [0.4, 0.5) is 0 Å². The van der Waals surface area contributed by atoms with Gasteiger partial charge in [0.15, 0.2) is 0 Å². The maximum absolute atomic E-state index is 10.2. The number of likely N-dealkylation sites (tertiary alicyclic amines) is 1. The van der Waals surface area contributed by atoms with Crippen molar-refractivity contribution in [1.82, 2.24) is 4.90 Å². The predicted molar refractivity (Wildman–Crippen MR) is 83.3 cm³/mol. The van der Waals surface area contributed by atoms with Crippen LogP contribution in [0.15, 0.2) is 23.3 Å². The Kier molecular flexibility index (Phi) is 6.28. The van der Waals surface area contributed by atoms with Gasteiger partial charge in [0.05, 0.1) is 5.60 Å². The van der Waals surface area contributed by atoms with E-state index in [9.17, 15) is 5.11 Å². The Bertz CT molecular complexity index is 332. The van der Waals surface area contributed by atoms with E-state index in [1.54, 1.807) is 0 Å². The van der Waals surface area contributed by atoms with Crippen molar-refractivity contribution in [1.29, 1.82) is 0 Å². The lowest BCUT2D eigenvalue weighted by Crippen LogP contribution is -2.45.